The highest BCUT2D eigenvalue weighted by Crippen LogP contribution is 2.22. The van der Waals surface area contributed by atoms with Gasteiger partial charge in [-0.05, 0) is 30.2 Å². The minimum absolute atomic E-state index is 0.242. The molecule has 3 N–H and O–H groups in total. The normalized spacial score (nSPS) is 11.3. The van der Waals surface area contributed by atoms with E-state index in [1.807, 2.05) is 0 Å². The maximum atomic E-state index is 13.5. The van der Waals surface area contributed by atoms with Crippen LogP contribution in [0.15, 0.2) is 36.7 Å². The Bertz CT molecular complexity index is 737. The van der Waals surface area contributed by atoms with E-state index in [1.165, 1.54) is 0 Å². The Balaban J connectivity index is 2.09. The molecule has 0 bridgehead atoms. The summed E-state index contributed by atoms with van der Waals surface area (Å²) in [7, 11) is -3.77. The predicted molar refractivity (Wildman–Crippen MR) is 76.1 cm³/mol. The molecule has 0 spiro atoms. The molecule has 112 valence electrons. The Morgan fingerprint density at radius 2 is 1.81 bits per heavy atom. The van der Waals surface area contributed by atoms with E-state index in [2.05, 4.69) is 9.71 Å². The Kier molecular flexibility index (Phi) is 4.37. The number of aryl methyl sites for hydroxylation is 1. The minimum atomic E-state index is -3.77. The van der Waals surface area contributed by atoms with E-state index in [0.29, 0.717) is 6.07 Å². The standard InChI is InChI=1S/C13H13F2N3O2S/c14-10-7-11(15)13(8-12(10)16)18-21(19,20)6-3-9-1-4-17-5-2-9/h1-2,4-5,7-8,18H,3,6,16H2. The lowest BCUT2D eigenvalue weighted by Gasteiger charge is -2.10. The van der Waals surface area contributed by atoms with Crippen molar-refractivity contribution in [1.82, 2.24) is 4.98 Å². The third-order valence-corrected chi connectivity index (χ3v) is 4.03. The number of rotatable bonds is 5. The average Bonchev–Trinajstić information content (AvgIpc) is 2.44. The summed E-state index contributed by atoms with van der Waals surface area (Å²) in [5.41, 5.74) is 5.37. The van der Waals surface area contributed by atoms with Crippen molar-refractivity contribution in [2.45, 2.75) is 6.42 Å². The van der Waals surface area contributed by atoms with Crippen molar-refractivity contribution < 1.29 is 17.2 Å². The Labute approximate surface area is 120 Å². The Morgan fingerprint density at radius 1 is 1.14 bits per heavy atom. The van der Waals surface area contributed by atoms with Gasteiger partial charge in [0.15, 0.2) is 0 Å². The summed E-state index contributed by atoms with van der Waals surface area (Å²) in [5, 5.41) is 0. The molecule has 0 atom stereocenters. The molecule has 0 amide bonds. The van der Waals surface area contributed by atoms with Crippen molar-refractivity contribution in [2.75, 3.05) is 16.2 Å². The van der Waals surface area contributed by atoms with Gasteiger partial charge in [-0.1, -0.05) is 0 Å². The molecule has 1 heterocycles. The number of aromatic nitrogens is 1. The first-order valence-electron chi connectivity index (χ1n) is 6.01. The molecule has 8 heteroatoms. The van der Waals surface area contributed by atoms with Gasteiger partial charge in [-0.2, -0.15) is 0 Å². The van der Waals surface area contributed by atoms with Crippen LogP contribution in [0.4, 0.5) is 20.2 Å². The monoisotopic (exact) mass is 313 g/mol. The van der Waals surface area contributed by atoms with Crippen LogP contribution in [0.3, 0.4) is 0 Å². The van der Waals surface area contributed by atoms with Crippen molar-refractivity contribution in [1.29, 1.82) is 0 Å². The van der Waals surface area contributed by atoms with Gasteiger partial charge in [0.25, 0.3) is 0 Å². The summed E-state index contributed by atoms with van der Waals surface area (Å²) in [4.78, 5) is 3.82. The van der Waals surface area contributed by atoms with Gasteiger partial charge < -0.3 is 5.73 Å². The van der Waals surface area contributed by atoms with Crippen LogP contribution >= 0.6 is 0 Å². The molecule has 1 aromatic heterocycles. The molecule has 0 aliphatic rings. The van der Waals surface area contributed by atoms with Gasteiger partial charge in [0.1, 0.15) is 11.6 Å². The zero-order chi connectivity index (χ0) is 15.5. The van der Waals surface area contributed by atoms with Crippen LogP contribution in [-0.4, -0.2) is 19.2 Å². The first kappa shape index (κ1) is 15.2. The van der Waals surface area contributed by atoms with Crippen LogP contribution in [0.1, 0.15) is 5.56 Å². The van der Waals surface area contributed by atoms with Crippen molar-refractivity contribution in [2.24, 2.45) is 0 Å². The maximum Gasteiger partial charge on any atom is 0.233 e. The maximum absolute atomic E-state index is 13.5. The van der Waals surface area contributed by atoms with Crippen LogP contribution < -0.4 is 10.5 Å². The molecule has 2 rings (SSSR count). The van der Waals surface area contributed by atoms with Gasteiger partial charge in [-0.25, -0.2) is 17.2 Å². The molecule has 0 radical (unpaired) electrons. The van der Waals surface area contributed by atoms with E-state index in [9.17, 15) is 17.2 Å². The van der Waals surface area contributed by atoms with Gasteiger partial charge >= 0.3 is 0 Å². The number of hydrogen-bond donors (Lipinski definition) is 2. The van der Waals surface area contributed by atoms with E-state index in [4.69, 9.17) is 5.73 Å². The number of nitrogens with two attached hydrogens (primary N) is 1. The number of nitrogen functional groups attached to an aromatic ring is 1. The van der Waals surface area contributed by atoms with Crippen molar-refractivity contribution >= 4 is 21.4 Å². The van der Waals surface area contributed by atoms with E-state index in [-0.39, 0.29) is 23.5 Å². The number of benzene rings is 1. The number of nitrogens with zero attached hydrogens (tertiary/aromatic N) is 1. The van der Waals surface area contributed by atoms with Crippen LogP contribution in [0.25, 0.3) is 0 Å². The number of pyridine rings is 1. The number of sulfonamides is 1. The molecule has 0 unspecified atom stereocenters. The molecular weight excluding hydrogens is 300 g/mol. The molecule has 5 nitrogen and oxygen atoms in total. The van der Waals surface area contributed by atoms with Crippen LogP contribution in [0.2, 0.25) is 0 Å². The molecule has 0 aliphatic heterocycles. The first-order valence-corrected chi connectivity index (χ1v) is 7.66. The van der Waals surface area contributed by atoms with E-state index >= 15 is 0 Å². The summed E-state index contributed by atoms with van der Waals surface area (Å²) < 4.78 is 52.4. The topological polar surface area (TPSA) is 85.1 Å². The minimum Gasteiger partial charge on any atom is -0.396 e. The highest BCUT2D eigenvalue weighted by atomic mass is 32.2. The van der Waals surface area contributed by atoms with Gasteiger partial charge in [-0.3, -0.25) is 9.71 Å². The number of hydrogen-bond acceptors (Lipinski definition) is 4. The fourth-order valence-corrected chi connectivity index (χ4v) is 2.76. The fourth-order valence-electron chi connectivity index (χ4n) is 1.66. The summed E-state index contributed by atoms with van der Waals surface area (Å²) in [6.45, 7) is 0. The van der Waals surface area contributed by atoms with Crippen LogP contribution in [-0.2, 0) is 16.4 Å². The number of nitrogens with one attached hydrogen (secondary N) is 1. The van der Waals surface area contributed by atoms with Crippen molar-refractivity contribution in [3.63, 3.8) is 0 Å². The Hall–Kier alpha value is -2.22. The third kappa shape index (κ3) is 4.12. The summed E-state index contributed by atoms with van der Waals surface area (Å²) in [5.74, 6) is -2.20. The molecule has 2 aromatic rings. The lowest BCUT2D eigenvalue weighted by atomic mass is 10.2. The highest BCUT2D eigenvalue weighted by Gasteiger charge is 2.15. The van der Waals surface area contributed by atoms with Gasteiger partial charge in [0, 0.05) is 18.5 Å². The summed E-state index contributed by atoms with van der Waals surface area (Å²) in [6.07, 6.45) is 3.35. The summed E-state index contributed by atoms with van der Waals surface area (Å²) >= 11 is 0. The molecular formula is C13H13F2N3O2S. The second-order valence-corrected chi connectivity index (χ2v) is 6.22. The first-order chi connectivity index (χ1) is 9.87. The lowest BCUT2D eigenvalue weighted by Crippen LogP contribution is -2.19. The molecule has 0 saturated carbocycles. The second-order valence-electron chi connectivity index (χ2n) is 4.38. The van der Waals surface area contributed by atoms with E-state index in [0.717, 1.165) is 11.6 Å². The predicted octanol–water partition coefficient (Wildman–Crippen LogP) is 1.93. The fraction of sp³-hybridized carbons (Fsp3) is 0.154. The molecule has 21 heavy (non-hydrogen) atoms. The quantitative estimate of drug-likeness (QED) is 0.826. The van der Waals surface area contributed by atoms with Crippen LogP contribution in [0, 0.1) is 11.6 Å². The average molecular weight is 313 g/mol. The lowest BCUT2D eigenvalue weighted by molar-refractivity contribution is 0.585. The zero-order valence-electron chi connectivity index (χ0n) is 10.9. The van der Waals surface area contributed by atoms with E-state index < -0.39 is 21.7 Å². The largest absolute Gasteiger partial charge is 0.396 e. The smallest absolute Gasteiger partial charge is 0.233 e. The molecule has 0 aliphatic carbocycles. The molecule has 0 fully saturated rings. The van der Waals surface area contributed by atoms with E-state index in [1.54, 1.807) is 24.5 Å². The Morgan fingerprint density at radius 3 is 2.48 bits per heavy atom. The zero-order valence-corrected chi connectivity index (χ0v) is 11.7. The van der Waals surface area contributed by atoms with Crippen molar-refractivity contribution in [3.8, 4) is 0 Å². The SMILES string of the molecule is Nc1cc(NS(=O)(=O)CCc2ccncc2)c(F)cc1F. The summed E-state index contributed by atoms with van der Waals surface area (Å²) in [6, 6.07) is 4.82. The highest BCUT2D eigenvalue weighted by molar-refractivity contribution is 7.92. The number of anilines is 2. The molecule has 1 aromatic carbocycles. The van der Waals surface area contributed by atoms with Crippen molar-refractivity contribution in [3.05, 3.63) is 53.9 Å². The van der Waals surface area contributed by atoms with Gasteiger partial charge in [0.05, 0.1) is 17.1 Å². The van der Waals surface area contributed by atoms with Gasteiger partial charge in [0.2, 0.25) is 10.0 Å². The number of halogens is 2. The van der Waals surface area contributed by atoms with Gasteiger partial charge in [-0.15, -0.1) is 0 Å². The second kappa shape index (κ2) is 6.04. The van der Waals surface area contributed by atoms with Crippen LogP contribution in [0.5, 0.6) is 0 Å². The third-order valence-electron chi connectivity index (χ3n) is 2.76. The molecule has 0 saturated heterocycles.